The van der Waals surface area contributed by atoms with Crippen molar-refractivity contribution in [3.05, 3.63) is 0 Å². The fourth-order valence-corrected chi connectivity index (χ4v) is 1.15. The molecule has 0 fully saturated rings. The van der Waals surface area contributed by atoms with E-state index in [0.29, 0.717) is 5.54 Å². The molecule has 0 aliphatic rings. The molecule has 1 nitrogen and oxygen atoms in total. The van der Waals surface area contributed by atoms with Crippen molar-refractivity contribution in [2.75, 3.05) is 6.54 Å². The lowest BCUT2D eigenvalue weighted by Crippen LogP contribution is -2.46. The minimum atomic E-state index is 0.291. The minimum Gasteiger partial charge on any atom is -0.311 e. The zero-order valence-electron chi connectivity index (χ0n) is 9.57. The van der Waals surface area contributed by atoms with E-state index in [0.717, 1.165) is 18.4 Å². The Morgan fingerprint density at radius 1 is 1.17 bits per heavy atom. The Labute approximate surface area is 77.9 Å². The highest BCUT2D eigenvalue weighted by Gasteiger charge is 2.23. The highest BCUT2D eigenvalue weighted by molar-refractivity contribution is 4.82. The fraction of sp³-hybridized carbons (Fsp3) is 1.00. The van der Waals surface area contributed by atoms with Gasteiger partial charge in [0.15, 0.2) is 0 Å². The molecule has 0 aromatic carbocycles. The first-order valence-electron chi connectivity index (χ1n) is 5.15. The van der Waals surface area contributed by atoms with E-state index < -0.39 is 0 Å². The van der Waals surface area contributed by atoms with Crippen LogP contribution in [0.5, 0.6) is 0 Å². The quantitative estimate of drug-likeness (QED) is 0.670. The largest absolute Gasteiger partial charge is 0.311 e. The fourth-order valence-electron chi connectivity index (χ4n) is 1.15. The third kappa shape index (κ3) is 4.10. The summed E-state index contributed by atoms with van der Waals surface area (Å²) < 4.78 is 0. The van der Waals surface area contributed by atoms with Gasteiger partial charge in [-0.2, -0.15) is 0 Å². The maximum absolute atomic E-state index is 3.61. The molecule has 0 aromatic rings. The second-order valence-corrected chi connectivity index (χ2v) is 4.81. The van der Waals surface area contributed by atoms with Gasteiger partial charge in [-0.1, -0.05) is 34.1 Å². The molecule has 0 radical (unpaired) electrons. The summed E-state index contributed by atoms with van der Waals surface area (Å²) in [6.07, 6.45) is 1.25. The SMILES string of the molecule is CCC(C)C(C)(C)NCC(C)C. The van der Waals surface area contributed by atoms with Crippen LogP contribution in [0.2, 0.25) is 0 Å². The van der Waals surface area contributed by atoms with Crippen LogP contribution >= 0.6 is 0 Å². The Balaban J connectivity index is 3.86. The van der Waals surface area contributed by atoms with E-state index >= 15 is 0 Å². The molecule has 0 spiro atoms. The Kier molecular flexibility index (Phi) is 4.84. The molecule has 0 saturated carbocycles. The molecule has 1 unspecified atom stereocenters. The molecule has 12 heavy (non-hydrogen) atoms. The zero-order chi connectivity index (χ0) is 9.78. The van der Waals surface area contributed by atoms with Gasteiger partial charge in [-0.15, -0.1) is 0 Å². The molecular formula is C11H25N. The number of nitrogens with one attached hydrogen (secondary N) is 1. The molecule has 0 heterocycles. The van der Waals surface area contributed by atoms with Crippen LogP contribution in [0.4, 0.5) is 0 Å². The van der Waals surface area contributed by atoms with Crippen LogP contribution in [0.25, 0.3) is 0 Å². The summed E-state index contributed by atoms with van der Waals surface area (Å²) in [4.78, 5) is 0. The van der Waals surface area contributed by atoms with Gasteiger partial charge in [-0.05, 0) is 32.2 Å². The average molecular weight is 171 g/mol. The van der Waals surface area contributed by atoms with Crippen molar-refractivity contribution in [1.29, 1.82) is 0 Å². The van der Waals surface area contributed by atoms with E-state index in [1.54, 1.807) is 0 Å². The number of hydrogen-bond acceptors (Lipinski definition) is 1. The van der Waals surface area contributed by atoms with E-state index in [-0.39, 0.29) is 0 Å². The molecule has 0 aromatic heterocycles. The first-order valence-corrected chi connectivity index (χ1v) is 5.15. The summed E-state index contributed by atoms with van der Waals surface area (Å²) in [6, 6.07) is 0. The predicted molar refractivity (Wildman–Crippen MR) is 56.4 cm³/mol. The Morgan fingerprint density at radius 2 is 1.67 bits per heavy atom. The summed E-state index contributed by atoms with van der Waals surface area (Å²) in [5.41, 5.74) is 0.291. The molecular weight excluding hydrogens is 146 g/mol. The van der Waals surface area contributed by atoms with Gasteiger partial charge < -0.3 is 5.32 Å². The lowest BCUT2D eigenvalue weighted by Gasteiger charge is -2.33. The molecule has 0 amide bonds. The van der Waals surface area contributed by atoms with Crippen LogP contribution in [0, 0.1) is 11.8 Å². The van der Waals surface area contributed by atoms with Gasteiger partial charge in [-0.3, -0.25) is 0 Å². The van der Waals surface area contributed by atoms with E-state index in [1.807, 2.05) is 0 Å². The third-order valence-corrected chi connectivity index (χ3v) is 2.81. The first-order chi connectivity index (χ1) is 5.40. The van der Waals surface area contributed by atoms with E-state index in [2.05, 4.69) is 46.9 Å². The summed E-state index contributed by atoms with van der Waals surface area (Å²) in [6.45, 7) is 14.8. The average Bonchev–Trinajstić information content (AvgIpc) is 1.99. The van der Waals surface area contributed by atoms with Crippen LogP contribution in [0.15, 0.2) is 0 Å². The van der Waals surface area contributed by atoms with Gasteiger partial charge in [0.25, 0.3) is 0 Å². The van der Waals surface area contributed by atoms with E-state index in [1.165, 1.54) is 6.42 Å². The van der Waals surface area contributed by atoms with Crippen molar-refractivity contribution in [3.63, 3.8) is 0 Å². The summed E-state index contributed by atoms with van der Waals surface area (Å²) >= 11 is 0. The van der Waals surface area contributed by atoms with Crippen molar-refractivity contribution >= 4 is 0 Å². The molecule has 0 saturated heterocycles. The highest BCUT2D eigenvalue weighted by Crippen LogP contribution is 2.19. The van der Waals surface area contributed by atoms with Crippen molar-refractivity contribution in [2.24, 2.45) is 11.8 Å². The monoisotopic (exact) mass is 171 g/mol. The Bertz CT molecular complexity index is 116. The van der Waals surface area contributed by atoms with Crippen LogP contribution in [0.1, 0.15) is 48.0 Å². The summed E-state index contributed by atoms with van der Waals surface area (Å²) in [5, 5.41) is 3.61. The third-order valence-electron chi connectivity index (χ3n) is 2.81. The van der Waals surface area contributed by atoms with Crippen LogP contribution in [0.3, 0.4) is 0 Å². The second kappa shape index (κ2) is 4.86. The maximum atomic E-state index is 3.61. The lowest BCUT2D eigenvalue weighted by molar-refractivity contribution is 0.253. The smallest absolute Gasteiger partial charge is 0.0150 e. The first kappa shape index (κ1) is 12.0. The van der Waals surface area contributed by atoms with Gasteiger partial charge >= 0.3 is 0 Å². The summed E-state index contributed by atoms with van der Waals surface area (Å²) in [5.74, 6) is 1.49. The molecule has 0 aliphatic heterocycles. The van der Waals surface area contributed by atoms with Gasteiger partial charge in [0, 0.05) is 5.54 Å². The predicted octanol–water partition coefficient (Wildman–Crippen LogP) is 3.06. The van der Waals surface area contributed by atoms with Crippen molar-refractivity contribution < 1.29 is 0 Å². The standard InChI is InChI=1S/C11H25N/c1-7-10(4)11(5,6)12-8-9(2)3/h9-10,12H,7-8H2,1-6H3. The molecule has 0 aliphatic carbocycles. The number of rotatable bonds is 5. The van der Waals surface area contributed by atoms with Crippen molar-refractivity contribution in [3.8, 4) is 0 Å². The highest BCUT2D eigenvalue weighted by atomic mass is 15.0. The van der Waals surface area contributed by atoms with Crippen molar-refractivity contribution in [2.45, 2.75) is 53.5 Å². The van der Waals surface area contributed by atoms with Gasteiger partial charge in [0.1, 0.15) is 0 Å². The minimum absolute atomic E-state index is 0.291. The van der Waals surface area contributed by atoms with Gasteiger partial charge in [-0.25, -0.2) is 0 Å². The Hall–Kier alpha value is -0.0400. The van der Waals surface area contributed by atoms with Crippen LogP contribution < -0.4 is 5.32 Å². The van der Waals surface area contributed by atoms with Gasteiger partial charge in [0.05, 0.1) is 0 Å². The molecule has 0 rings (SSSR count). The molecule has 1 heteroatoms. The normalized spacial score (nSPS) is 15.2. The summed E-state index contributed by atoms with van der Waals surface area (Å²) in [7, 11) is 0. The lowest BCUT2D eigenvalue weighted by atomic mass is 9.87. The zero-order valence-corrected chi connectivity index (χ0v) is 9.57. The van der Waals surface area contributed by atoms with Crippen LogP contribution in [-0.2, 0) is 0 Å². The van der Waals surface area contributed by atoms with E-state index in [9.17, 15) is 0 Å². The second-order valence-electron chi connectivity index (χ2n) is 4.81. The number of hydrogen-bond donors (Lipinski definition) is 1. The van der Waals surface area contributed by atoms with Gasteiger partial charge in [0.2, 0.25) is 0 Å². The topological polar surface area (TPSA) is 12.0 Å². The molecule has 0 bridgehead atoms. The molecule has 1 N–H and O–H groups in total. The molecule has 1 atom stereocenters. The molecule has 74 valence electrons. The maximum Gasteiger partial charge on any atom is 0.0150 e. The van der Waals surface area contributed by atoms with Crippen molar-refractivity contribution in [1.82, 2.24) is 5.32 Å². The van der Waals surface area contributed by atoms with E-state index in [4.69, 9.17) is 0 Å². The Morgan fingerprint density at radius 3 is 2.00 bits per heavy atom. The van der Waals surface area contributed by atoms with Crippen LogP contribution in [-0.4, -0.2) is 12.1 Å².